The van der Waals surface area contributed by atoms with E-state index in [2.05, 4.69) is 5.32 Å². The van der Waals surface area contributed by atoms with Gasteiger partial charge in [-0.25, -0.2) is 4.39 Å². The molecule has 0 spiro atoms. The van der Waals surface area contributed by atoms with Crippen LogP contribution in [0.15, 0.2) is 42.5 Å². The topological polar surface area (TPSA) is 47.6 Å². The SMILES string of the molecule is COc1ccc(OC[C@H](C)NC(=O)CSCc2c(F)cccc2Cl)cc1. The third-order valence-electron chi connectivity index (χ3n) is 3.51. The number of hydrogen-bond acceptors (Lipinski definition) is 4. The molecule has 2 aromatic carbocycles. The zero-order valence-corrected chi connectivity index (χ0v) is 16.2. The van der Waals surface area contributed by atoms with Crippen LogP contribution >= 0.6 is 23.4 Å². The van der Waals surface area contributed by atoms with Crippen molar-refractivity contribution in [2.45, 2.75) is 18.7 Å². The molecule has 0 aliphatic carbocycles. The van der Waals surface area contributed by atoms with Crippen molar-refractivity contribution in [2.75, 3.05) is 19.5 Å². The van der Waals surface area contributed by atoms with Crippen LogP contribution in [0.3, 0.4) is 0 Å². The van der Waals surface area contributed by atoms with Crippen molar-refractivity contribution in [3.8, 4) is 11.5 Å². The van der Waals surface area contributed by atoms with Crippen molar-refractivity contribution in [3.63, 3.8) is 0 Å². The standard InChI is InChI=1S/C19H21ClFNO3S/c1-13(10-25-15-8-6-14(24-2)7-9-15)22-19(23)12-26-11-16-17(20)4-3-5-18(16)21/h3-9,13H,10-12H2,1-2H3,(H,22,23)/t13-/m0/s1. The van der Waals surface area contributed by atoms with E-state index < -0.39 is 0 Å². The smallest absolute Gasteiger partial charge is 0.230 e. The van der Waals surface area contributed by atoms with Crippen LogP contribution in [0.2, 0.25) is 5.02 Å². The van der Waals surface area contributed by atoms with E-state index in [4.69, 9.17) is 21.1 Å². The highest BCUT2D eigenvalue weighted by Gasteiger charge is 2.11. The highest BCUT2D eigenvalue weighted by molar-refractivity contribution is 7.99. The molecule has 140 valence electrons. The molecule has 0 aromatic heterocycles. The number of halogens is 2. The number of carbonyl (C=O) groups excluding carboxylic acids is 1. The van der Waals surface area contributed by atoms with E-state index in [1.807, 2.05) is 19.1 Å². The summed E-state index contributed by atoms with van der Waals surface area (Å²) in [5.41, 5.74) is 0.419. The fourth-order valence-corrected chi connectivity index (χ4v) is 3.34. The van der Waals surface area contributed by atoms with Crippen molar-refractivity contribution < 1.29 is 18.7 Å². The Balaban J connectivity index is 1.69. The number of methoxy groups -OCH3 is 1. The summed E-state index contributed by atoms with van der Waals surface area (Å²) < 4.78 is 24.4. The lowest BCUT2D eigenvalue weighted by molar-refractivity contribution is -0.119. The van der Waals surface area contributed by atoms with Gasteiger partial charge in [-0.3, -0.25) is 4.79 Å². The number of nitrogens with one attached hydrogen (secondary N) is 1. The van der Waals surface area contributed by atoms with Crippen LogP contribution in [0.25, 0.3) is 0 Å². The van der Waals surface area contributed by atoms with Gasteiger partial charge in [0.1, 0.15) is 23.9 Å². The molecule has 0 aliphatic rings. The summed E-state index contributed by atoms with van der Waals surface area (Å²) in [6.45, 7) is 2.21. The first-order chi connectivity index (χ1) is 12.5. The molecule has 0 aliphatic heterocycles. The zero-order chi connectivity index (χ0) is 18.9. The monoisotopic (exact) mass is 397 g/mol. The highest BCUT2D eigenvalue weighted by Crippen LogP contribution is 2.23. The lowest BCUT2D eigenvalue weighted by atomic mass is 10.2. The molecule has 0 bridgehead atoms. The van der Waals surface area contributed by atoms with Crippen LogP contribution in [0, 0.1) is 5.82 Å². The number of ether oxygens (including phenoxy) is 2. The molecule has 4 nitrogen and oxygen atoms in total. The Morgan fingerprint density at radius 2 is 1.92 bits per heavy atom. The van der Waals surface area contributed by atoms with Gasteiger partial charge in [0.2, 0.25) is 5.91 Å². The maximum absolute atomic E-state index is 13.7. The Hall–Kier alpha value is -1.92. The van der Waals surface area contributed by atoms with Gasteiger partial charge in [0, 0.05) is 16.3 Å². The summed E-state index contributed by atoms with van der Waals surface area (Å²) >= 11 is 7.28. The Morgan fingerprint density at radius 1 is 1.23 bits per heavy atom. The summed E-state index contributed by atoms with van der Waals surface area (Å²) in [6, 6.07) is 11.6. The van der Waals surface area contributed by atoms with Gasteiger partial charge in [-0.05, 0) is 43.3 Å². The largest absolute Gasteiger partial charge is 0.497 e. The number of rotatable bonds is 9. The van der Waals surface area contributed by atoms with E-state index in [0.717, 1.165) is 5.75 Å². The minimum absolute atomic E-state index is 0.131. The van der Waals surface area contributed by atoms with Crippen molar-refractivity contribution in [2.24, 2.45) is 0 Å². The van der Waals surface area contributed by atoms with E-state index in [1.54, 1.807) is 31.4 Å². The van der Waals surface area contributed by atoms with Gasteiger partial charge in [0.15, 0.2) is 0 Å². The molecule has 1 N–H and O–H groups in total. The normalized spacial score (nSPS) is 11.7. The van der Waals surface area contributed by atoms with Gasteiger partial charge in [0.25, 0.3) is 0 Å². The van der Waals surface area contributed by atoms with Crippen LogP contribution in [-0.2, 0) is 10.5 Å². The second-order valence-electron chi connectivity index (χ2n) is 5.65. The number of carbonyl (C=O) groups is 1. The minimum atomic E-state index is -0.355. The molecule has 0 fully saturated rings. The van der Waals surface area contributed by atoms with Gasteiger partial charge in [-0.15, -0.1) is 11.8 Å². The van der Waals surface area contributed by atoms with Gasteiger partial charge in [-0.1, -0.05) is 17.7 Å². The Bertz CT molecular complexity index is 707. The van der Waals surface area contributed by atoms with Gasteiger partial charge >= 0.3 is 0 Å². The Labute approximate surface area is 162 Å². The second kappa shape index (κ2) is 10.3. The second-order valence-corrected chi connectivity index (χ2v) is 7.04. The molecule has 0 radical (unpaired) electrons. The number of benzene rings is 2. The van der Waals surface area contributed by atoms with E-state index in [-0.39, 0.29) is 23.5 Å². The third kappa shape index (κ3) is 6.42. The van der Waals surface area contributed by atoms with Crippen molar-refractivity contribution in [1.29, 1.82) is 0 Å². The highest BCUT2D eigenvalue weighted by atomic mass is 35.5. The fraction of sp³-hybridized carbons (Fsp3) is 0.316. The van der Waals surface area contributed by atoms with Crippen molar-refractivity contribution in [3.05, 3.63) is 58.9 Å². The molecule has 1 amide bonds. The zero-order valence-electron chi connectivity index (χ0n) is 14.6. The van der Waals surface area contributed by atoms with Crippen LogP contribution in [0.4, 0.5) is 4.39 Å². The summed E-state index contributed by atoms with van der Waals surface area (Å²) in [5.74, 6) is 1.54. The Kier molecular flexibility index (Phi) is 8.06. The predicted molar refractivity (Wildman–Crippen MR) is 104 cm³/mol. The molecular formula is C19H21ClFNO3S. The molecule has 0 saturated heterocycles. The summed E-state index contributed by atoms with van der Waals surface area (Å²) in [5, 5.41) is 3.23. The average Bonchev–Trinajstić information content (AvgIpc) is 2.63. The number of amides is 1. The maximum Gasteiger partial charge on any atom is 0.230 e. The molecule has 0 saturated carbocycles. The molecule has 2 rings (SSSR count). The quantitative estimate of drug-likeness (QED) is 0.685. The first-order valence-corrected chi connectivity index (χ1v) is 9.59. The molecular weight excluding hydrogens is 377 g/mol. The molecule has 1 atom stereocenters. The third-order valence-corrected chi connectivity index (χ3v) is 4.82. The Morgan fingerprint density at radius 3 is 2.58 bits per heavy atom. The van der Waals surface area contributed by atoms with Gasteiger partial charge in [-0.2, -0.15) is 0 Å². The summed E-state index contributed by atoms with van der Waals surface area (Å²) in [6.07, 6.45) is 0. The van der Waals surface area contributed by atoms with Crippen LogP contribution in [0.5, 0.6) is 11.5 Å². The van der Waals surface area contributed by atoms with Crippen LogP contribution in [-0.4, -0.2) is 31.4 Å². The van der Waals surface area contributed by atoms with E-state index in [9.17, 15) is 9.18 Å². The maximum atomic E-state index is 13.7. The van der Waals surface area contributed by atoms with Crippen LogP contribution in [0.1, 0.15) is 12.5 Å². The number of thioether (sulfide) groups is 1. The molecule has 0 heterocycles. The molecule has 7 heteroatoms. The molecule has 2 aromatic rings. The average molecular weight is 398 g/mol. The van der Waals surface area contributed by atoms with Crippen LogP contribution < -0.4 is 14.8 Å². The van der Waals surface area contributed by atoms with Crippen molar-refractivity contribution in [1.82, 2.24) is 5.32 Å². The van der Waals surface area contributed by atoms with Gasteiger partial charge in [0.05, 0.1) is 18.9 Å². The first kappa shape index (κ1) is 20.4. The van der Waals surface area contributed by atoms with Crippen molar-refractivity contribution >= 4 is 29.3 Å². The lowest BCUT2D eigenvalue weighted by Crippen LogP contribution is -2.37. The minimum Gasteiger partial charge on any atom is -0.497 e. The first-order valence-electron chi connectivity index (χ1n) is 8.06. The fourth-order valence-electron chi connectivity index (χ4n) is 2.17. The summed E-state index contributed by atoms with van der Waals surface area (Å²) in [4.78, 5) is 12.0. The van der Waals surface area contributed by atoms with Gasteiger partial charge < -0.3 is 14.8 Å². The predicted octanol–water partition coefficient (Wildman–Crippen LogP) is 4.30. The van der Waals surface area contributed by atoms with E-state index in [1.165, 1.54) is 17.8 Å². The lowest BCUT2D eigenvalue weighted by Gasteiger charge is -2.15. The number of hydrogen-bond donors (Lipinski definition) is 1. The van der Waals surface area contributed by atoms with E-state index >= 15 is 0 Å². The molecule has 0 unspecified atom stereocenters. The van der Waals surface area contributed by atoms with E-state index in [0.29, 0.717) is 28.7 Å². The molecule has 26 heavy (non-hydrogen) atoms. The summed E-state index contributed by atoms with van der Waals surface area (Å²) in [7, 11) is 1.60.